The van der Waals surface area contributed by atoms with E-state index >= 15 is 0 Å². The van der Waals surface area contributed by atoms with Crippen LogP contribution in [0.4, 0.5) is 5.69 Å². The Morgan fingerprint density at radius 1 is 0.972 bits per heavy atom. The second-order valence-electron chi connectivity index (χ2n) is 9.23. The molecule has 3 N–H and O–H groups in total. The van der Waals surface area contributed by atoms with Crippen molar-refractivity contribution < 1.29 is 9.59 Å². The van der Waals surface area contributed by atoms with Gasteiger partial charge in [-0.3, -0.25) is 15.0 Å². The van der Waals surface area contributed by atoms with Gasteiger partial charge in [0.1, 0.15) is 0 Å². The van der Waals surface area contributed by atoms with E-state index in [-0.39, 0.29) is 18.4 Å². The van der Waals surface area contributed by atoms with Crippen LogP contribution in [-0.2, 0) is 16.0 Å². The van der Waals surface area contributed by atoms with Crippen LogP contribution < -0.4 is 15.5 Å². The van der Waals surface area contributed by atoms with E-state index in [9.17, 15) is 9.59 Å². The quantitative estimate of drug-likeness (QED) is 0.398. The summed E-state index contributed by atoms with van der Waals surface area (Å²) in [5.41, 5.74) is 2.87. The topological polar surface area (TPSA) is 85.3 Å². The number of piperidine rings is 1. The molecule has 0 radical (unpaired) electrons. The van der Waals surface area contributed by atoms with E-state index in [0.29, 0.717) is 41.2 Å². The molecule has 1 aliphatic rings. The number of hydrogen-bond acceptors (Lipinski definition) is 4. The molecule has 0 unspecified atom stereocenters. The van der Waals surface area contributed by atoms with Crippen molar-refractivity contribution in [3.8, 4) is 0 Å². The Balaban J connectivity index is 1.46. The maximum atomic E-state index is 13.4. The summed E-state index contributed by atoms with van der Waals surface area (Å²) in [5.74, 6) is -0.349. The van der Waals surface area contributed by atoms with Crippen LogP contribution in [0.25, 0.3) is 0 Å². The predicted molar refractivity (Wildman–Crippen MR) is 145 cm³/mol. The molecule has 1 saturated heterocycles. The molecule has 1 fully saturated rings. The average Bonchev–Trinajstić information content (AvgIpc) is 2.93. The minimum absolute atomic E-state index is 0.106. The average molecular weight is 503 g/mol. The monoisotopic (exact) mass is 502 g/mol. The standard InChI is InChI=1S/C29H31ClN4O2/c1-34(25-10-6-5-9-24(25)27(31)22-7-3-2-4-8-22)26(35)20-33-28(36)29(15-17-32-18-16-29)19-21-11-13-23(30)14-12-21/h2-14,31-32H,15-20H2,1H3,(H,33,36). The van der Waals surface area contributed by atoms with Gasteiger partial charge in [0, 0.05) is 23.2 Å². The largest absolute Gasteiger partial charge is 0.347 e. The number of anilines is 1. The molecule has 36 heavy (non-hydrogen) atoms. The van der Waals surface area contributed by atoms with Gasteiger partial charge in [-0.25, -0.2) is 0 Å². The number of halogens is 1. The van der Waals surface area contributed by atoms with Crippen molar-refractivity contribution in [2.75, 3.05) is 31.6 Å². The molecule has 3 aromatic rings. The summed E-state index contributed by atoms with van der Waals surface area (Å²) >= 11 is 6.04. The molecule has 0 aliphatic carbocycles. The third-order valence-electron chi connectivity index (χ3n) is 6.87. The predicted octanol–water partition coefficient (Wildman–Crippen LogP) is 4.45. The number of carbonyl (C=O) groups is 2. The summed E-state index contributed by atoms with van der Waals surface area (Å²) in [7, 11) is 1.68. The smallest absolute Gasteiger partial charge is 0.246 e. The van der Waals surface area contributed by atoms with Gasteiger partial charge in [0.2, 0.25) is 11.8 Å². The van der Waals surface area contributed by atoms with E-state index < -0.39 is 5.41 Å². The SMILES string of the molecule is CN(C(=O)CNC(=O)C1(Cc2ccc(Cl)cc2)CCNCC1)c1ccccc1C(=N)c1ccccc1. The first-order valence-electron chi connectivity index (χ1n) is 12.1. The third kappa shape index (κ3) is 5.83. The first-order valence-corrected chi connectivity index (χ1v) is 12.5. The molecule has 2 amide bonds. The Kier molecular flexibility index (Phi) is 8.18. The van der Waals surface area contributed by atoms with Gasteiger partial charge in [0.25, 0.3) is 0 Å². The molecule has 0 aromatic heterocycles. The van der Waals surface area contributed by atoms with Crippen LogP contribution in [0.5, 0.6) is 0 Å². The van der Waals surface area contributed by atoms with Gasteiger partial charge in [-0.15, -0.1) is 0 Å². The van der Waals surface area contributed by atoms with Gasteiger partial charge in [-0.05, 0) is 56.1 Å². The van der Waals surface area contributed by atoms with Crippen molar-refractivity contribution in [1.82, 2.24) is 10.6 Å². The highest BCUT2D eigenvalue weighted by atomic mass is 35.5. The molecular weight excluding hydrogens is 472 g/mol. The van der Waals surface area contributed by atoms with Crippen molar-refractivity contribution >= 4 is 34.8 Å². The van der Waals surface area contributed by atoms with E-state index in [1.807, 2.05) is 78.9 Å². The van der Waals surface area contributed by atoms with Gasteiger partial charge in [-0.2, -0.15) is 0 Å². The number of carbonyl (C=O) groups excluding carboxylic acids is 2. The molecule has 0 atom stereocenters. The van der Waals surface area contributed by atoms with E-state index in [4.69, 9.17) is 17.0 Å². The lowest BCUT2D eigenvalue weighted by molar-refractivity contribution is -0.134. The Bertz CT molecular complexity index is 1220. The molecule has 7 heteroatoms. The minimum Gasteiger partial charge on any atom is -0.347 e. The first-order chi connectivity index (χ1) is 17.4. The van der Waals surface area contributed by atoms with E-state index in [0.717, 1.165) is 24.2 Å². The molecule has 0 saturated carbocycles. The van der Waals surface area contributed by atoms with Crippen molar-refractivity contribution in [1.29, 1.82) is 5.41 Å². The second-order valence-corrected chi connectivity index (χ2v) is 9.66. The van der Waals surface area contributed by atoms with Gasteiger partial charge in [-0.1, -0.05) is 72.3 Å². The summed E-state index contributed by atoms with van der Waals surface area (Å²) in [6.45, 7) is 1.39. The van der Waals surface area contributed by atoms with E-state index in [1.54, 1.807) is 7.05 Å². The molecule has 186 valence electrons. The molecule has 1 aliphatic heterocycles. The number of hydrogen-bond donors (Lipinski definition) is 3. The summed E-state index contributed by atoms with van der Waals surface area (Å²) in [6.07, 6.45) is 1.99. The van der Waals surface area contributed by atoms with Gasteiger partial charge >= 0.3 is 0 Å². The van der Waals surface area contributed by atoms with Crippen molar-refractivity contribution in [2.45, 2.75) is 19.3 Å². The maximum Gasteiger partial charge on any atom is 0.246 e. The van der Waals surface area contributed by atoms with Gasteiger partial charge < -0.3 is 15.5 Å². The fourth-order valence-corrected chi connectivity index (χ4v) is 4.84. The first kappa shape index (κ1) is 25.6. The third-order valence-corrected chi connectivity index (χ3v) is 7.12. The summed E-state index contributed by atoms with van der Waals surface area (Å²) in [6, 6.07) is 24.4. The van der Waals surface area contributed by atoms with Gasteiger partial charge in [0.15, 0.2) is 0 Å². The second kappa shape index (κ2) is 11.5. The number of amides is 2. The molecule has 3 aromatic carbocycles. The van der Waals surface area contributed by atoms with Crippen LogP contribution in [0.15, 0.2) is 78.9 Å². The van der Waals surface area contributed by atoms with Crippen LogP contribution in [0.2, 0.25) is 5.02 Å². The Hall–Kier alpha value is -3.48. The normalized spacial score (nSPS) is 14.6. The Labute approximate surface area is 217 Å². The fraction of sp³-hybridized carbons (Fsp3) is 0.276. The molecule has 0 spiro atoms. The van der Waals surface area contributed by atoms with Crippen molar-refractivity contribution in [3.05, 3.63) is 101 Å². The Morgan fingerprint density at radius 3 is 2.31 bits per heavy atom. The van der Waals surface area contributed by atoms with Crippen LogP contribution in [0.3, 0.4) is 0 Å². The molecule has 0 bridgehead atoms. The molecule has 6 nitrogen and oxygen atoms in total. The van der Waals surface area contributed by atoms with Crippen LogP contribution >= 0.6 is 11.6 Å². The lowest BCUT2D eigenvalue weighted by atomic mass is 9.73. The number of nitrogens with one attached hydrogen (secondary N) is 3. The highest BCUT2D eigenvalue weighted by Gasteiger charge is 2.39. The lowest BCUT2D eigenvalue weighted by Gasteiger charge is -2.36. The van der Waals surface area contributed by atoms with Gasteiger partial charge in [0.05, 0.1) is 23.4 Å². The zero-order valence-corrected chi connectivity index (χ0v) is 21.1. The highest BCUT2D eigenvalue weighted by molar-refractivity contribution is 6.30. The molecular formula is C29H31ClN4O2. The Morgan fingerprint density at radius 2 is 1.61 bits per heavy atom. The molecule has 1 heterocycles. The maximum absolute atomic E-state index is 13.4. The molecule has 4 rings (SSSR count). The summed E-state index contributed by atoms with van der Waals surface area (Å²) in [4.78, 5) is 28.1. The zero-order chi connectivity index (χ0) is 25.5. The number of likely N-dealkylation sites (N-methyl/N-ethyl adjacent to an activating group) is 1. The number of para-hydroxylation sites is 1. The van der Waals surface area contributed by atoms with Crippen molar-refractivity contribution in [2.24, 2.45) is 5.41 Å². The summed E-state index contributed by atoms with van der Waals surface area (Å²) < 4.78 is 0. The number of rotatable bonds is 8. The van der Waals surface area contributed by atoms with Crippen LogP contribution in [0, 0.1) is 10.8 Å². The van der Waals surface area contributed by atoms with Crippen LogP contribution in [0.1, 0.15) is 29.5 Å². The van der Waals surface area contributed by atoms with E-state index in [1.165, 1.54) is 4.90 Å². The van der Waals surface area contributed by atoms with Crippen LogP contribution in [-0.4, -0.2) is 44.2 Å². The number of benzene rings is 3. The minimum atomic E-state index is -0.578. The number of nitrogens with zero attached hydrogens (tertiary/aromatic N) is 1. The van der Waals surface area contributed by atoms with E-state index in [2.05, 4.69) is 10.6 Å². The lowest BCUT2D eigenvalue weighted by Crippen LogP contribution is -2.51. The zero-order valence-electron chi connectivity index (χ0n) is 20.4. The summed E-state index contributed by atoms with van der Waals surface area (Å²) in [5, 5.41) is 15.6. The fourth-order valence-electron chi connectivity index (χ4n) is 4.72. The van der Waals surface area contributed by atoms with Crippen molar-refractivity contribution in [3.63, 3.8) is 0 Å². The highest BCUT2D eigenvalue weighted by Crippen LogP contribution is 2.34.